The van der Waals surface area contributed by atoms with E-state index >= 15 is 0 Å². The lowest BCUT2D eigenvalue weighted by Crippen LogP contribution is -2.35. The summed E-state index contributed by atoms with van der Waals surface area (Å²) in [7, 11) is 0. The molecule has 9 heteroatoms. The number of esters is 1. The van der Waals surface area contributed by atoms with Crippen LogP contribution in [-0.4, -0.2) is 39.5 Å². The van der Waals surface area contributed by atoms with Gasteiger partial charge in [0.25, 0.3) is 0 Å². The Balaban J connectivity index is 2.67. The molecule has 0 unspecified atom stereocenters. The van der Waals surface area contributed by atoms with Crippen LogP contribution in [0.4, 0.5) is 16.2 Å². The molecular weight excluding hydrogens is 438 g/mol. The summed E-state index contributed by atoms with van der Waals surface area (Å²) in [5, 5.41) is 0.773. The summed E-state index contributed by atoms with van der Waals surface area (Å²) < 4.78 is 11.0. The summed E-state index contributed by atoms with van der Waals surface area (Å²) in [6, 6.07) is 6.92. The van der Waals surface area contributed by atoms with Crippen LogP contribution in [0.5, 0.6) is 0 Å². The number of para-hydroxylation sites is 1. The van der Waals surface area contributed by atoms with E-state index in [0.29, 0.717) is 27.1 Å². The van der Waals surface area contributed by atoms with Gasteiger partial charge in [0, 0.05) is 0 Å². The van der Waals surface area contributed by atoms with Gasteiger partial charge in [0.1, 0.15) is 21.9 Å². The number of amides is 1. The number of aromatic nitrogens is 2. The number of benzene rings is 1. The number of hydrogen-bond donors (Lipinski definition) is 0. The molecule has 0 spiro atoms. The van der Waals surface area contributed by atoms with Crippen molar-refractivity contribution in [1.29, 1.82) is 0 Å². The molecule has 7 nitrogen and oxygen atoms in total. The molecule has 31 heavy (non-hydrogen) atoms. The van der Waals surface area contributed by atoms with E-state index in [1.54, 1.807) is 79.0 Å². The lowest BCUT2D eigenvalue weighted by Gasteiger charge is -2.29. The average Bonchev–Trinajstić information content (AvgIpc) is 2.61. The number of carbonyl (C=O) groups is 2. The smallest absolute Gasteiger partial charge is 0.419 e. The van der Waals surface area contributed by atoms with E-state index in [-0.39, 0.29) is 5.82 Å². The summed E-state index contributed by atoms with van der Waals surface area (Å²) in [5.41, 5.74) is -0.202. The minimum absolute atomic E-state index is 0.0798. The summed E-state index contributed by atoms with van der Waals surface area (Å²) >= 11 is 7.69. The minimum atomic E-state index is -0.735. The highest BCUT2D eigenvalue weighted by Crippen LogP contribution is 2.39. The van der Waals surface area contributed by atoms with Gasteiger partial charge in [0.05, 0.1) is 16.4 Å². The molecule has 2 aromatic rings. The maximum atomic E-state index is 13.2. The van der Waals surface area contributed by atoms with Gasteiger partial charge in [-0.25, -0.2) is 24.5 Å². The van der Waals surface area contributed by atoms with Crippen LogP contribution < -0.4 is 4.90 Å². The first-order chi connectivity index (χ1) is 14.2. The third-order valence-electron chi connectivity index (χ3n) is 3.69. The van der Waals surface area contributed by atoms with Crippen LogP contribution in [0.15, 0.2) is 29.3 Å². The Kier molecular flexibility index (Phi) is 7.60. The summed E-state index contributed by atoms with van der Waals surface area (Å²) in [6.07, 6.45) is 1.16. The fourth-order valence-electron chi connectivity index (χ4n) is 2.61. The summed E-state index contributed by atoms with van der Waals surface area (Å²) in [6.45, 7) is 12.3. The van der Waals surface area contributed by atoms with Crippen molar-refractivity contribution >= 4 is 46.8 Å². The van der Waals surface area contributed by atoms with Gasteiger partial charge in [0.15, 0.2) is 0 Å². The van der Waals surface area contributed by atoms with E-state index in [9.17, 15) is 9.59 Å². The number of nitrogens with zero attached hydrogens (tertiary/aromatic N) is 3. The fraction of sp³-hybridized carbons (Fsp3) is 0.455. The van der Waals surface area contributed by atoms with Gasteiger partial charge in [0.2, 0.25) is 5.82 Å². The number of carbonyl (C=O) groups excluding carboxylic acids is 2. The van der Waals surface area contributed by atoms with Crippen molar-refractivity contribution in [2.45, 2.75) is 64.7 Å². The standard InChI is InChI=1S/C22H28ClN3O4S/c1-13-16(18(31-8)25-17(24-13)19(27)29-21(2,3)4)26(20(28)30-22(5,6)7)15-12-10-9-11-14(15)23/h9-12H,1-8H3. The molecule has 0 bridgehead atoms. The van der Waals surface area contributed by atoms with Gasteiger partial charge >= 0.3 is 12.1 Å². The molecule has 0 saturated carbocycles. The van der Waals surface area contributed by atoms with E-state index in [1.807, 2.05) is 0 Å². The Labute approximate surface area is 192 Å². The number of thioether (sulfide) groups is 1. The van der Waals surface area contributed by atoms with Gasteiger partial charge in [-0.3, -0.25) is 0 Å². The van der Waals surface area contributed by atoms with Crippen molar-refractivity contribution in [3.05, 3.63) is 40.8 Å². The molecule has 0 aliphatic heterocycles. The zero-order valence-corrected chi connectivity index (χ0v) is 20.6. The molecule has 2 rings (SSSR count). The average molecular weight is 466 g/mol. The van der Waals surface area contributed by atoms with Crippen molar-refractivity contribution in [2.75, 3.05) is 11.2 Å². The normalized spacial score (nSPS) is 11.8. The number of aryl methyl sites for hydroxylation is 1. The second kappa shape index (κ2) is 9.44. The molecule has 0 radical (unpaired) electrons. The molecule has 168 valence electrons. The molecule has 0 atom stereocenters. The SMILES string of the molecule is CSc1nc(C(=O)OC(C)(C)C)nc(C)c1N(C(=O)OC(C)(C)C)c1ccccc1Cl. The molecule has 1 aromatic heterocycles. The highest BCUT2D eigenvalue weighted by atomic mass is 35.5. The second-order valence-electron chi connectivity index (χ2n) is 8.76. The van der Waals surface area contributed by atoms with Gasteiger partial charge in [-0.15, -0.1) is 11.8 Å². The quantitative estimate of drug-likeness (QED) is 0.302. The molecule has 0 N–H and O–H groups in total. The van der Waals surface area contributed by atoms with Crippen LogP contribution in [0, 0.1) is 6.92 Å². The van der Waals surface area contributed by atoms with Gasteiger partial charge < -0.3 is 9.47 Å². The van der Waals surface area contributed by atoms with E-state index in [1.165, 1.54) is 16.7 Å². The second-order valence-corrected chi connectivity index (χ2v) is 9.96. The highest BCUT2D eigenvalue weighted by molar-refractivity contribution is 7.98. The Morgan fingerprint density at radius 2 is 1.58 bits per heavy atom. The Hall–Kier alpha value is -2.32. The van der Waals surface area contributed by atoms with Crippen LogP contribution in [-0.2, 0) is 9.47 Å². The van der Waals surface area contributed by atoms with Gasteiger partial charge in [-0.05, 0) is 66.9 Å². The molecule has 0 fully saturated rings. The van der Waals surface area contributed by atoms with Crippen LogP contribution in [0.3, 0.4) is 0 Å². The topological polar surface area (TPSA) is 81.6 Å². The molecule has 0 saturated heterocycles. The van der Waals surface area contributed by atoms with E-state index in [2.05, 4.69) is 9.97 Å². The van der Waals surface area contributed by atoms with Crippen molar-refractivity contribution in [3.63, 3.8) is 0 Å². The summed E-state index contributed by atoms with van der Waals surface area (Å²) in [4.78, 5) is 35.8. The Morgan fingerprint density at radius 1 is 1.00 bits per heavy atom. The van der Waals surface area contributed by atoms with Crippen LogP contribution >= 0.6 is 23.4 Å². The third kappa shape index (κ3) is 6.58. The van der Waals surface area contributed by atoms with E-state index in [4.69, 9.17) is 21.1 Å². The molecule has 0 aliphatic rings. The number of rotatable bonds is 4. The van der Waals surface area contributed by atoms with Gasteiger partial charge in [-0.1, -0.05) is 23.7 Å². The minimum Gasteiger partial charge on any atom is -0.454 e. The number of hydrogen-bond acceptors (Lipinski definition) is 7. The zero-order chi connectivity index (χ0) is 23.6. The van der Waals surface area contributed by atoms with Crippen LogP contribution in [0.2, 0.25) is 5.02 Å². The number of anilines is 2. The van der Waals surface area contributed by atoms with Crippen molar-refractivity contribution in [1.82, 2.24) is 9.97 Å². The number of halogens is 1. The molecule has 1 amide bonds. The first-order valence-electron chi connectivity index (χ1n) is 9.67. The number of ether oxygens (including phenoxy) is 2. The monoisotopic (exact) mass is 465 g/mol. The molecular formula is C22H28ClN3O4S. The zero-order valence-electron chi connectivity index (χ0n) is 19.1. The third-order valence-corrected chi connectivity index (χ3v) is 4.69. The van der Waals surface area contributed by atoms with Crippen molar-refractivity contribution in [2.24, 2.45) is 0 Å². The molecule has 1 heterocycles. The van der Waals surface area contributed by atoms with Crippen LogP contribution in [0.25, 0.3) is 0 Å². The van der Waals surface area contributed by atoms with Gasteiger partial charge in [-0.2, -0.15) is 0 Å². The Bertz CT molecular complexity index is 984. The predicted molar refractivity (Wildman–Crippen MR) is 124 cm³/mol. The first-order valence-corrected chi connectivity index (χ1v) is 11.3. The molecule has 1 aromatic carbocycles. The Morgan fingerprint density at radius 3 is 2.10 bits per heavy atom. The predicted octanol–water partition coefficient (Wildman–Crippen LogP) is 6.19. The van der Waals surface area contributed by atoms with Crippen LogP contribution in [0.1, 0.15) is 57.9 Å². The lowest BCUT2D eigenvalue weighted by atomic mass is 10.2. The summed E-state index contributed by atoms with van der Waals surface area (Å²) in [5.74, 6) is -0.720. The highest BCUT2D eigenvalue weighted by Gasteiger charge is 2.32. The van der Waals surface area contributed by atoms with Crippen molar-refractivity contribution in [3.8, 4) is 0 Å². The maximum absolute atomic E-state index is 13.2. The largest absolute Gasteiger partial charge is 0.454 e. The van der Waals surface area contributed by atoms with Crippen molar-refractivity contribution < 1.29 is 19.1 Å². The molecule has 0 aliphatic carbocycles. The first kappa shape index (κ1) is 24.9. The maximum Gasteiger partial charge on any atom is 0.419 e. The fourth-order valence-corrected chi connectivity index (χ4v) is 3.44. The van der Waals surface area contributed by atoms with E-state index < -0.39 is 23.3 Å². The lowest BCUT2D eigenvalue weighted by molar-refractivity contribution is 0.00543. The van der Waals surface area contributed by atoms with E-state index in [0.717, 1.165) is 0 Å².